The number of anilines is 2. The van der Waals surface area contributed by atoms with Crippen LogP contribution in [0.4, 0.5) is 11.4 Å². The Morgan fingerprint density at radius 2 is 1.86 bits per heavy atom. The van der Waals surface area contributed by atoms with Gasteiger partial charge in [0, 0.05) is 24.7 Å². The van der Waals surface area contributed by atoms with E-state index in [2.05, 4.69) is 16.7 Å². The number of thioether (sulfide) groups is 1. The van der Waals surface area contributed by atoms with Gasteiger partial charge in [-0.15, -0.1) is 11.8 Å². The Balaban J connectivity index is 2.15. The lowest BCUT2D eigenvalue weighted by atomic mass is 10.1. The third-order valence-electron chi connectivity index (χ3n) is 4.31. The number of nitrogens with zero attached hydrogens (tertiary/aromatic N) is 2. The highest BCUT2D eigenvalue weighted by molar-refractivity contribution is 7.99. The summed E-state index contributed by atoms with van der Waals surface area (Å²) in [4.78, 5) is 13.4. The van der Waals surface area contributed by atoms with Crippen molar-refractivity contribution < 1.29 is 13.2 Å². The molecule has 154 valence electrons. The lowest BCUT2D eigenvalue weighted by Gasteiger charge is -2.17. The van der Waals surface area contributed by atoms with Gasteiger partial charge in [0.1, 0.15) is 0 Å². The van der Waals surface area contributed by atoms with Crippen LogP contribution in [0, 0.1) is 25.2 Å². The van der Waals surface area contributed by atoms with Crippen LogP contribution in [0.1, 0.15) is 11.1 Å². The van der Waals surface area contributed by atoms with Crippen LogP contribution in [-0.2, 0) is 14.8 Å². The van der Waals surface area contributed by atoms with E-state index in [0.29, 0.717) is 11.4 Å². The molecule has 9 heteroatoms. The van der Waals surface area contributed by atoms with Gasteiger partial charge in [-0.3, -0.25) is 4.79 Å². The molecule has 0 aromatic heterocycles. The molecule has 0 spiro atoms. The van der Waals surface area contributed by atoms with Crippen LogP contribution in [0.15, 0.2) is 46.2 Å². The van der Waals surface area contributed by atoms with E-state index in [9.17, 15) is 13.2 Å². The number of aryl methyl sites for hydroxylation is 1. The molecule has 2 N–H and O–H groups in total. The second-order valence-electron chi connectivity index (χ2n) is 6.54. The molecule has 0 radical (unpaired) electrons. The number of carbonyl (C=O) groups excluding carboxylic acids is 1. The van der Waals surface area contributed by atoms with Gasteiger partial charge in [0.05, 0.1) is 28.9 Å². The minimum Gasteiger partial charge on any atom is -0.376 e. The number of amides is 1. The lowest BCUT2D eigenvalue weighted by molar-refractivity contribution is -0.114. The van der Waals surface area contributed by atoms with Crippen molar-refractivity contribution in [2.45, 2.75) is 23.6 Å². The molecule has 2 aromatic carbocycles. The van der Waals surface area contributed by atoms with Gasteiger partial charge in [-0.1, -0.05) is 12.1 Å². The van der Waals surface area contributed by atoms with Crippen molar-refractivity contribution in [3.8, 4) is 6.07 Å². The van der Waals surface area contributed by atoms with E-state index >= 15 is 0 Å². The molecule has 0 aliphatic carbocycles. The monoisotopic (exact) mass is 432 g/mol. The number of sulfonamides is 1. The predicted molar refractivity (Wildman–Crippen MR) is 117 cm³/mol. The molecule has 7 nitrogen and oxygen atoms in total. The molecule has 0 fully saturated rings. The summed E-state index contributed by atoms with van der Waals surface area (Å²) in [5.41, 5.74) is 2.92. The Bertz CT molecular complexity index is 1040. The molecule has 1 amide bonds. The first-order valence-electron chi connectivity index (χ1n) is 8.83. The minimum atomic E-state index is -3.58. The molecule has 29 heavy (non-hydrogen) atoms. The second kappa shape index (κ2) is 9.78. The van der Waals surface area contributed by atoms with E-state index in [1.807, 2.05) is 32.0 Å². The van der Waals surface area contributed by atoms with Gasteiger partial charge in [-0.05, 0) is 49.2 Å². The Morgan fingerprint density at radius 3 is 2.52 bits per heavy atom. The van der Waals surface area contributed by atoms with E-state index < -0.39 is 10.0 Å². The van der Waals surface area contributed by atoms with E-state index in [0.717, 1.165) is 20.3 Å². The maximum atomic E-state index is 12.4. The number of nitrogens with one attached hydrogen (secondary N) is 2. The van der Waals surface area contributed by atoms with Gasteiger partial charge in [-0.2, -0.15) is 5.26 Å². The highest BCUT2D eigenvalue weighted by atomic mass is 32.2. The van der Waals surface area contributed by atoms with Gasteiger partial charge in [0.15, 0.2) is 0 Å². The number of nitriles is 1. The molecule has 2 rings (SSSR count). The van der Waals surface area contributed by atoms with E-state index in [4.69, 9.17) is 5.26 Å². The van der Waals surface area contributed by atoms with Crippen molar-refractivity contribution in [1.82, 2.24) is 4.31 Å². The van der Waals surface area contributed by atoms with Gasteiger partial charge >= 0.3 is 0 Å². The van der Waals surface area contributed by atoms with Crippen molar-refractivity contribution in [1.29, 1.82) is 5.26 Å². The van der Waals surface area contributed by atoms with Crippen molar-refractivity contribution in [2.75, 3.05) is 37.0 Å². The zero-order valence-electron chi connectivity index (χ0n) is 16.8. The summed E-state index contributed by atoms with van der Waals surface area (Å²) in [7, 11) is -0.619. The number of benzene rings is 2. The van der Waals surface area contributed by atoms with Crippen LogP contribution >= 0.6 is 11.8 Å². The first kappa shape index (κ1) is 22.7. The predicted octanol–water partition coefficient (Wildman–Crippen LogP) is 3.22. The van der Waals surface area contributed by atoms with Crippen molar-refractivity contribution in [2.24, 2.45) is 0 Å². The third-order valence-corrected chi connectivity index (χ3v) is 7.05. The van der Waals surface area contributed by atoms with E-state index in [1.54, 1.807) is 18.2 Å². The molecule has 0 unspecified atom stereocenters. The Kier molecular flexibility index (Phi) is 7.67. The molecule has 0 saturated carbocycles. The zero-order valence-corrected chi connectivity index (χ0v) is 18.4. The fraction of sp³-hybridized carbons (Fsp3) is 0.300. The molecule has 0 atom stereocenters. The number of carbonyl (C=O) groups is 1. The molecular formula is C20H24N4O3S2. The average molecular weight is 433 g/mol. The van der Waals surface area contributed by atoms with Gasteiger partial charge in [0.25, 0.3) is 0 Å². The fourth-order valence-electron chi connectivity index (χ4n) is 2.55. The Hall–Kier alpha value is -2.54. The maximum Gasteiger partial charge on any atom is 0.243 e. The molecule has 0 bridgehead atoms. The SMILES string of the molecule is Cc1cc(S(=O)(=O)N(C)C)cc(NCC(=O)Nc2ccccc2SCC#N)c1C. The largest absolute Gasteiger partial charge is 0.376 e. The van der Waals surface area contributed by atoms with Crippen LogP contribution in [0.2, 0.25) is 0 Å². The van der Waals surface area contributed by atoms with Gasteiger partial charge in [-0.25, -0.2) is 12.7 Å². The fourth-order valence-corrected chi connectivity index (χ4v) is 4.23. The van der Waals surface area contributed by atoms with Crippen LogP contribution in [0.5, 0.6) is 0 Å². The van der Waals surface area contributed by atoms with Gasteiger partial charge < -0.3 is 10.6 Å². The van der Waals surface area contributed by atoms with E-state index in [-0.39, 0.29) is 23.1 Å². The summed E-state index contributed by atoms with van der Waals surface area (Å²) < 4.78 is 26.0. The third kappa shape index (κ3) is 5.73. The van der Waals surface area contributed by atoms with Crippen LogP contribution in [0.3, 0.4) is 0 Å². The maximum absolute atomic E-state index is 12.4. The second-order valence-corrected chi connectivity index (χ2v) is 9.71. The van der Waals surface area contributed by atoms with Crippen molar-refractivity contribution in [3.63, 3.8) is 0 Å². The summed E-state index contributed by atoms with van der Waals surface area (Å²) in [6.45, 7) is 3.68. The Morgan fingerprint density at radius 1 is 1.17 bits per heavy atom. The van der Waals surface area contributed by atoms with Crippen LogP contribution in [0.25, 0.3) is 0 Å². The molecule has 0 heterocycles. The summed E-state index contributed by atoms with van der Waals surface area (Å²) in [6, 6.07) is 12.5. The number of para-hydroxylation sites is 1. The Labute approximate surface area is 176 Å². The van der Waals surface area contributed by atoms with Gasteiger partial charge in [0.2, 0.25) is 15.9 Å². The van der Waals surface area contributed by atoms with Crippen LogP contribution in [-0.4, -0.2) is 45.0 Å². The smallest absolute Gasteiger partial charge is 0.243 e. The molecule has 0 aliphatic heterocycles. The summed E-state index contributed by atoms with van der Waals surface area (Å²) in [5, 5.41) is 14.6. The lowest BCUT2D eigenvalue weighted by Crippen LogP contribution is -2.24. The number of rotatable bonds is 8. The van der Waals surface area contributed by atoms with Crippen LogP contribution < -0.4 is 10.6 Å². The highest BCUT2D eigenvalue weighted by Gasteiger charge is 2.19. The molecular weight excluding hydrogens is 408 g/mol. The van der Waals surface area contributed by atoms with Crippen molar-refractivity contribution >= 4 is 39.1 Å². The minimum absolute atomic E-state index is 0.0248. The first-order chi connectivity index (χ1) is 13.7. The zero-order chi connectivity index (χ0) is 21.6. The number of hydrogen-bond donors (Lipinski definition) is 2. The van der Waals surface area contributed by atoms with E-state index in [1.165, 1.54) is 25.9 Å². The first-order valence-corrected chi connectivity index (χ1v) is 11.3. The average Bonchev–Trinajstić information content (AvgIpc) is 2.68. The summed E-state index contributed by atoms with van der Waals surface area (Å²) >= 11 is 1.35. The molecule has 2 aromatic rings. The standard InChI is InChI=1S/C20H24N4O3S2/c1-14-11-16(29(26,27)24(3)4)12-18(15(14)2)22-13-20(25)23-17-7-5-6-8-19(17)28-10-9-21/h5-8,11-12,22H,10,13H2,1-4H3,(H,23,25). The van der Waals surface area contributed by atoms with Crippen molar-refractivity contribution in [3.05, 3.63) is 47.5 Å². The number of hydrogen-bond acceptors (Lipinski definition) is 6. The molecule has 0 aliphatic rings. The normalized spacial score (nSPS) is 11.2. The summed E-state index contributed by atoms with van der Waals surface area (Å²) in [5.74, 6) is 0.0180. The summed E-state index contributed by atoms with van der Waals surface area (Å²) in [6.07, 6.45) is 0. The highest BCUT2D eigenvalue weighted by Crippen LogP contribution is 2.27. The quantitative estimate of drug-likeness (QED) is 0.621. The molecule has 0 saturated heterocycles. The topological polar surface area (TPSA) is 102 Å².